The van der Waals surface area contributed by atoms with E-state index in [0.717, 1.165) is 22.3 Å². The van der Waals surface area contributed by atoms with Crippen molar-refractivity contribution >= 4 is 6.08 Å². The summed E-state index contributed by atoms with van der Waals surface area (Å²) < 4.78 is 24.1. The van der Waals surface area contributed by atoms with Gasteiger partial charge in [-0.05, 0) is 41.3 Å². The van der Waals surface area contributed by atoms with Crippen LogP contribution in [0.5, 0.6) is 11.9 Å². The van der Waals surface area contributed by atoms with Crippen LogP contribution in [-0.2, 0) is 6.61 Å². The van der Waals surface area contributed by atoms with Crippen molar-refractivity contribution in [1.29, 1.82) is 0 Å². The zero-order valence-electron chi connectivity index (χ0n) is 14.7. The van der Waals surface area contributed by atoms with Crippen molar-refractivity contribution in [3.8, 4) is 23.0 Å². The number of hydrogen-bond acceptors (Lipinski definition) is 4. The highest BCUT2D eigenvalue weighted by Crippen LogP contribution is 2.27. The number of benzene rings is 2. The van der Waals surface area contributed by atoms with Gasteiger partial charge >= 0.3 is 6.01 Å². The van der Waals surface area contributed by atoms with Crippen LogP contribution >= 0.6 is 0 Å². The lowest BCUT2D eigenvalue weighted by atomic mass is 9.97. The molecule has 0 saturated heterocycles. The number of rotatable bonds is 6. The highest BCUT2D eigenvalue weighted by Gasteiger charge is 2.10. The van der Waals surface area contributed by atoms with Crippen LogP contribution in [0, 0.1) is 12.7 Å². The number of hydrogen-bond donors (Lipinski definition) is 0. The van der Waals surface area contributed by atoms with Crippen LogP contribution in [0.4, 0.5) is 4.39 Å². The molecular formula is C21H19FN2O2. The first-order valence-corrected chi connectivity index (χ1v) is 8.13. The van der Waals surface area contributed by atoms with Crippen molar-refractivity contribution in [2.45, 2.75) is 13.5 Å². The lowest BCUT2D eigenvalue weighted by molar-refractivity contribution is 0.273. The molecule has 0 saturated carbocycles. The van der Waals surface area contributed by atoms with E-state index in [-0.39, 0.29) is 11.8 Å². The molecule has 26 heavy (non-hydrogen) atoms. The minimum absolute atomic E-state index is 0.235. The lowest BCUT2D eigenvalue weighted by Crippen LogP contribution is -2.03. The maximum atomic E-state index is 13.2. The summed E-state index contributed by atoms with van der Waals surface area (Å²) in [6, 6.07) is 12.6. The molecule has 0 radical (unpaired) electrons. The first-order valence-electron chi connectivity index (χ1n) is 8.13. The smallest absolute Gasteiger partial charge is 0.320 e. The van der Waals surface area contributed by atoms with E-state index in [9.17, 15) is 4.39 Å². The Kier molecular flexibility index (Phi) is 5.27. The third kappa shape index (κ3) is 3.72. The normalized spacial score (nSPS) is 10.4. The van der Waals surface area contributed by atoms with Gasteiger partial charge in [-0.25, -0.2) is 9.37 Å². The molecule has 2 aromatic carbocycles. The van der Waals surface area contributed by atoms with Crippen LogP contribution < -0.4 is 9.47 Å². The number of aromatic nitrogens is 2. The molecule has 0 bridgehead atoms. The van der Waals surface area contributed by atoms with Gasteiger partial charge in [-0.3, -0.25) is 0 Å². The molecule has 132 valence electrons. The second kappa shape index (κ2) is 7.78. The number of halogens is 1. The Morgan fingerprint density at radius 2 is 1.92 bits per heavy atom. The summed E-state index contributed by atoms with van der Waals surface area (Å²) in [4.78, 5) is 8.40. The molecule has 4 nitrogen and oxygen atoms in total. The van der Waals surface area contributed by atoms with Gasteiger partial charge in [-0.1, -0.05) is 43.0 Å². The molecule has 0 aliphatic rings. The second-order valence-corrected chi connectivity index (χ2v) is 5.71. The van der Waals surface area contributed by atoms with Gasteiger partial charge in [-0.2, -0.15) is 4.98 Å². The van der Waals surface area contributed by atoms with Crippen LogP contribution in [0.1, 0.15) is 16.7 Å². The third-order valence-corrected chi connectivity index (χ3v) is 4.13. The molecule has 0 spiro atoms. The van der Waals surface area contributed by atoms with Gasteiger partial charge in [0.1, 0.15) is 12.4 Å². The first kappa shape index (κ1) is 17.6. The Morgan fingerprint density at radius 3 is 2.62 bits per heavy atom. The Balaban J connectivity index is 1.82. The molecule has 0 N–H and O–H groups in total. The van der Waals surface area contributed by atoms with E-state index in [0.29, 0.717) is 18.1 Å². The summed E-state index contributed by atoms with van der Waals surface area (Å²) in [7, 11) is 1.54. The van der Waals surface area contributed by atoms with E-state index < -0.39 is 0 Å². The fourth-order valence-electron chi connectivity index (χ4n) is 2.66. The Morgan fingerprint density at radius 1 is 1.15 bits per heavy atom. The summed E-state index contributed by atoms with van der Waals surface area (Å²) in [5.41, 5.74) is 4.76. The highest BCUT2D eigenvalue weighted by molar-refractivity contribution is 5.68. The van der Waals surface area contributed by atoms with Gasteiger partial charge in [0.2, 0.25) is 5.88 Å². The summed E-state index contributed by atoms with van der Waals surface area (Å²) >= 11 is 0. The average Bonchev–Trinajstić information content (AvgIpc) is 2.67. The summed E-state index contributed by atoms with van der Waals surface area (Å²) in [6.07, 6.45) is 3.23. The maximum absolute atomic E-state index is 13.2. The van der Waals surface area contributed by atoms with Gasteiger partial charge in [0, 0.05) is 6.20 Å². The van der Waals surface area contributed by atoms with Crippen LogP contribution in [0.15, 0.2) is 55.2 Å². The Labute approximate surface area is 152 Å². The molecule has 3 aromatic rings. The van der Waals surface area contributed by atoms with E-state index in [1.807, 2.05) is 25.1 Å². The number of methoxy groups -OCH3 is 1. The van der Waals surface area contributed by atoms with E-state index in [2.05, 4.69) is 16.5 Å². The van der Waals surface area contributed by atoms with E-state index in [1.165, 1.54) is 19.2 Å². The summed E-state index contributed by atoms with van der Waals surface area (Å²) in [5.74, 6) is 0.168. The Bertz CT molecular complexity index is 924. The van der Waals surface area contributed by atoms with E-state index >= 15 is 0 Å². The predicted octanol–water partition coefficient (Wildman–Crippen LogP) is 4.82. The number of nitrogens with zero attached hydrogens (tertiary/aromatic N) is 2. The molecule has 0 amide bonds. The molecule has 0 unspecified atom stereocenters. The molecule has 0 aliphatic heterocycles. The standard InChI is InChI=1S/C21H19FN2O2/c1-4-15-12-23-21(24-20(15)25-3)26-13-17-6-5-7-19(14(17)2)16-8-10-18(22)11-9-16/h4-12H,1,13H2,2-3H3. The SMILES string of the molecule is C=Cc1cnc(OCc2cccc(-c3ccc(F)cc3)c2C)nc1OC. The van der Waals surface area contributed by atoms with Gasteiger partial charge in [0.25, 0.3) is 0 Å². The van der Waals surface area contributed by atoms with Gasteiger partial charge < -0.3 is 9.47 Å². The van der Waals surface area contributed by atoms with Gasteiger partial charge in [-0.15, -0.1) is 0 Å². The number of ether oxygens (including phenoxy) is 2. The molecule has 3 rings (SSSR count). The minimum Gasteiger partial charge on any atom is -0.480 e. The van der Waals surface area contributed by atoms with Crippen LogP contribution in [-0.4, -0.2) is 17.1 Å². The fraction of sp³-hybridized carbons (Fsp3) is 0.143. The van der Waals surface area contributed by atoms with Crippen molar-refractivity contribution in [2.24, 2.45) is 0 Å². The fourth-order valence-corrected chi connectivity index (χ4v) is 2.66. The van der Waals surface area contributed by atoms with Gasteiger partial charge in [0.05, 0.1) is 12.7 Å². The largest absolute Gasteiger partial charge is 0.480 e. The van der Waals surface area contributed by atoms with E-state index in [1.54, 1.807) is 24.4 Å². The predicted molar refractivity (Wildman–Crippen MR) is 99.6 cm³/mol. The van der Waals surface area contributed by atoms with Crippen LogP contribution in [0.3, 0.4) is 0 Å². The highest BCUT2D eigenvalue weighted by atomic mass is 19.1. The van der Waals surface area contributed by atoms with Crippen LogP contribution in [0.25, 0.3) is 17.2 Å². The van der Waals surface area contributed by atoms with Crippen molar-refractivity contribution in [2.75, 3.05) is 7.11 Å². The van der Waals surface area contributed by atoms with Crippen molar-refractivity contribution in [1.82, 2.24) is 9.97 Å². The molecule has 1 aromatic heterocycles. The van der Waals surface area contributed by atoms with Crippen molar-refractivity contribution in [3.63, 3.8) is 0 Å². The topological polar surface area (TPSA) is 44.2 Å². The average molecular weight is 350 g/mol. The molecular weight excluding hydrogens is 331 g/mol. The van der Waals surface area contributed by atoms with Crippen LogP contribution in [0.2, 0.25) is 0 Å². The minimum atomic E-state index is -0.250. The zero-order valence-corrected chi connectivity index (χ0v) is 14.7. The molecule has 1 heterocycles. The first-order chi connectivity index (χ1) is 12.6. The van der Waals surface area contributed by atoms with Crippen molar-refractivity contribution in [3.05, 3.63) is 77.7 Å². The molecule has 0 fully saturated rings. The monoisotopic (exact) mass is 350 g/mol. The maximum Gasteiger partial charge on any atom is 0.320 e. The Hall–Kier alpha value is -3.21. The lowest BCUT2D eigenvalue weighted by Gasteiger charge is -2.12. The summed E-state index contributed by atoms with van der Waals surface area (Å²) in [6.45, 7) is 6.02. The summed E-state index contributed by atoms with van der Waals surface area (Å²) in [5, 5.41) is 0. The van der Waals surface area contributed by atoms with E-state index in [4.69, 9.17) is 9.47 Å². The van der Waals surface area contributed by atoms with Crippen molar-refractivity contribution < 1.29 is 13.9 Å². The quantitative estimate of drug-likeness (QED) is 0.639. The molecule has 5 heteroatoms. The third-order valence-electron chi connectivity index (χ3n) is 4.13. The van der Waals surface area contributed by atoms with Gasteiger partial charge in [0.15, 0.2) is 0 Å². The molecule has 0 atom stereocenters. The second-order valence-electron chi connectivity index (χ2n) is 5.71. The molecule has 0 aliphatic carbocycles. The zero-order chi connectivity index (χ0) is 18.5.